The van der Waals surface area contributed by atoms with Crippen molar-refractivity contribution in [1.29, 1.82) is 0 Å². The third-order valence-electron chi connectivity index (χ3n) is 5.37. The smallest absolute Gasteiger partial charge is 0.327 e. The number of aromatic nitrogens is 3. The van der Waals surface area contributed by atoms with Gasteiger partial charge in [-0.2, -0.15) is 0 Å². The Morgan fingerprint density at radius 1 is 1.21 bits per heavy atom. The molecule has 3 N–H and O–H groups in total. The topological polar surface area (TPSA) is 131 Å². The number of hydrogen-bond donors (Lipinski definition) is 3. The van der Waals surface area contributed by atoms with Crippen LogP contribution in [-0.2, 0) is 4.79 Å². The number of nitrogens with one attached hydrogen (secondary N) is 3. The molecule has 0 aliphatic carbocycles. The zero-order chi connectivity index (χ0) is 19.8. The van der Waals surface area contributed by atoms with Crippen molar-refractivity contribution >= 4 is 22.8 Å². The minimum absolute atomic E-state index is 0.00324. The molecule has 0 bridgehead atoms. The Morgan fingerprint density at radius 3 is 2.82 bits per heavy atom. The van der Waals surface area contributed by atoms with Crippen molar-refractivity contribution in [3.8, 4) is 0 Å². The summed E-state index contributed by atoms with van der Waals surface area (Å²) in [5, 5.41) is 3.32. The van der Waals surface area contributed by atoms with Gasteiger partial charge in [0.2, 0.25) is 5.91 Å². The summed E-state index contributed by atoms with van der Waals surface area (Å²) in [6, 6.07) is 1.56. The Morgan fingerprint density at radius 2 is 2.04 bits per heavy atom. The highest BCUT2D eigenvalue weighted by Gasteiger charge is 2.32. The van der Waals surface area contributed by atoms with Gasteiger partial charge in [0.05, 0.1) is 11.9 Å². The van der Waals surface area contributed by atoms with E-state index in [1.165, 1.54) is 0 Å². The summed E-state index contributed by atoms with van der Waals surface area (Å²) in [4.78, 5) is 61.2. The molecule has 0 saturated carbocycles. The van der Waals surface area contributed by atoms with Crippen LogP contribution >= 0.6 is 0 Å². The van der Waals surface area contributed by atoms with Crippen molar-refractivity contribution in [3.05, 3.63) is 38.2 Å². The zero-order valence-corrected chi connectivity index (χ0v) is 15.6. The first-order chi connectivity index (χ1) is 13.4. The first-order valence-electron chi connectivity index (χ1n) is 9.37. The highest BCUT2D eigenvalue weighted by molar-refractivity contribution is 5.95. The lowest BCUT2D eigenvalue weighted by molar-refractivity contribution is -0.135. The van der Waals surface area contributed by atoms with Gasteiger partial charge in [0.15, 0.2) is 0 Å². The van der Waals surface area contributed by atoms with Crippen molar-refractivity contribution in [2.24, 2.45) is 0 Å². The molecule has 2 amide bonds. The molecule has 1 unspecified atom stereocenters. The number of carbonyl (C=O) groups is 2. The van der Waals surface area contributed by atoms with E-state index in [1.54, 1.807) is 17.9 Å². The van der Waals surface area contributed by atoms with Crippen LogP contribution in [0.2, 0.25) is 0 Å². The third kappa shape index (κ3) is 3.31. The average molecular weight is 386 g/mol. The van der Waals surface area contributed by atoms with Gasteiger partial charge in [-0.3, -0.25) is 24.4 Å². The van der Waals surface area contributed by atoms with E-state index in [2.05, 4.69) is 20.3 Å². The number of fused-ring (bicyclic) bond motifs is 1. The third-order valence-corrected chi connectivity index (χ3v) is 5.37. The molecule has 10 heteroatoms. The van der Waals surface area contributed by atoms with Gasteiger partial charge in [-0.1, -0.05) is 0 Å². The van der Waals surface area contributed by atoms with Crippen LogP contribution < -0.4 is 16.6 Å². The second kappa shape index (κ2) is 7.19. The Bertz CT molecular complexity index is 1060. The normalized spacial score (nSPS) is 20.6. The van der Waals surface area contributed by atoms with E-state index in [-0.39, 0.29) is 34.6 Å². The van der Waals surface area contributed by atoms with Gasteiger partial charge in [-0.25, -0.2) is 9.78 Å². The molecule has 4 rings (SSSR count). The van der Waals surface area contributed by atoms with Gasteiger partial charge in [-0.15, -0.1) is 0 Å². The maximum atomic E-state index is 13.0. The SMILES string of the molecule is Cc1cc(C(=O)N2CCCC(N3CCNCC3=O)C2)nc2[nH]c(=O)[nH]c(=O)c12. The number of rotatable bonds is 2. The van der Waals surface area contributed by atoms with Crippen molar-refractivity contribution < 1.29 is 9.59 Å². The highest BCUT2D eigenvalue weighted by Crippen LogP contribution is 2.20. The number of H-pyrrole nitrogens is 2. The number of nitrogens with zero attached hydrogens (tertiary/aromatic N) is 3. The van der Waals surface area contributed by atoms with Crippen LogP contribution in [0.1, 0.15) is 28.9 Å². The average Bonchev–Trinajstić information content (AvgIpc) is 2.67. The fourth-order valence-electron chi connectivity index (χ4n) is 4.03. The molecule has 4 heterocycles. The summed E-state index contributed by atoms with van der Waals surface area (Å²) in [6.45, 7) is 4.46. The summed E-state index contributed by atoms with van der Waals surface area (Å²) in [6.07, 6.45) is 1.67. The van der Waals surface area contributed by atoms with Crippen LogP contribution in [0.5, 0.6) is 0 Å². The minimum Gasteiger partial charge on any atom is -0.336 e. The molecule has 2 aromatic rings. The van der Waals surface area contributed by atoms with E-state index >= 15 is 0 Å². The fraction of sp³-hybridized carbons (Fsp3) is 0.500. The van der Waals surface area contributed by atoms with E-state index in [9.17, 15) is 19.2 Å². The Kier molecular flexibility index (Phi) is 4.71. The van der Waals surface area contributed by atoms with Crippen LogP contribution in [0.3, 0.4) is 0 Å². The van der Waals surface area contributed by atoms with Crippen LogP contribution in [0.15, 0.2) is 15.7 Å². The summed E-state index contributed by atoms with van der Waals surface area (Å²) in [7, 11) is 0. The fourth-order valence-corrected chi connectivity index (χ4v) is 4.03. The van der Waals surface area contributed by atoms with Crippen LogP contribution in [0.4, 0.5) is 0 Å². The standard InChI is InChI=1S/C18H22N6O4/c1-10-7-12(20-15-14(10)16(26)22-18(28)21-15)17(27)23-5-2-3-11(9-23)24-6-4-19-8-13(24)25/h7,11,19H,2-6,8-9H2,1H3,(H2,20,21,22,26,28). The molecule has 28 heavy (non-hydrogen) atoms. The molecule has 2 aliphatic rings. The highest BCUT2D eigenvalue weighted by atomic mass is 16.2. The number of hydrogen-bond acceptors (Lipinski definition) is 6. The van der Waals surface area contributed by atoms with Crippen LogP contribution in [0, 0.1) is 6.92 Å². The lowest BCUT2D eigenvalue weighted by Gasteiger charge is -2.41. The first kappa shape index (κ1) is 18.4. The van der Waals surface area contributed by atoms with Gasteiger partial charge in [0, 0.05) is 32.2 Å². The van der Waals surface area contributed by atoms with Gasteiger partial charge in [0.1, 0.15) is 11.3 Å². The lowest BCUT2D eigenvalue weighted by atomic mass is 10.0. The summed E-state index contributed by atoms with van der Waals surface area (Å²) in [5.41, 5.74) is -0.347. The van der Waals surface area contributed by atoms with Crippen molar-refractivity contribution in [2.75, 3.05) is 32.7 Å². The molecule has 0 radical (unpaired) electrons. The van der Waals surface area contributed by atoms with Gasteiger partial charge >= 0.3 is 5.69 Å². The van der Waals surface area contributed by atoms with Gasteiger partial charge in [0.25, 0.3) is 11.5 Å². The first-order valence-corrected chi connectivity index (χ1v) is 9.37. The van der Waals surface area contributed by atoms with Crippen molar-refractivity contribution in [1.82, 2.24) is 30.1 Å². The number of likely N-dealkylation sites (tertiary alicyclic amines) is 1. The van der Waals surface area contributed by atoms with Crippen LogP contribution in [0.25, 0.3) is 11.0 Å². The Hall–Kier alpha value is -3.01. The number of aryl methyl sites for hydroxylation is 1. The van der Waals surface area contributed by atoms with E-state index in [0.717, 1.165) is 19.4 Å². The maximum Gasteiger partial charge on any atom is 0.327 e. The van der Waals surface area contributed by atoms with E-state index in [4.69, 9.17) is 0 Å². The summed E-state index contributed by atoms with van der Waals surface area (Å²) >= 11 is 0. The predicted octanol–water partition coefficient (Wildman–Crippen LogP) is -1.04. The molecule has 0 aromatic carbocycles. The number of piperidine rings is 1. The Labute approximate surface area is 159 Å². The molecule has 2 aromatic heterocycles. The van der Waals surface area contributed by atoms with Gasteiger partial charge in [-0.05, 0) is 31.4 Å². The van der Waals surface area contributed by atoms with Crippen molar-refractivity contribution in [3.63, 3.8) is 0 Å². The van der Waals surface area contributed by atoms with E-state index < -0.39 is 11.2 Å². The molecule has 1 atom stereocenters. The molecule has 10 nitrogen and oxygen atoms in total. The van der Waals surface area contributed by atoms with Gasteiger partial charge < -0.3 is 15.1 Å². The minimum atomic E-state index is -0.663. The molecular formula is C18H22N6O4. The van der Waals surface area contributed by atoms with Crippen molar-refractivity contribution in [2.45, 2.75) is 25.8 Å². The number of pyridine rings is 1. The predicted molar refractivity (Wildman–Crippen MR) is 101 cm³/mol. The largest absolute Gasteiger partial charge is 0.336 e. The number of amides is 2. The second-order valence-corrected chi connectivity index (χ2v) is 7.27. The molecule has 2 aliphatic heterocycles. The van der Waals surface area contributed by atoms with E-state index in [1.807, 2.05) is 4.90 Å². The quantitative estimate of drug-likeness (QED) is 0.604. The second-order valence-electron chi connectivity index (χ2n) is 7.27. The maximum absolute atomic E-state index is 13.0. The monoisotopic (exact) mass is 386 g/mol. The summed E-state index contributed by atoms with van der Waals surface area (Å²) in [5.74, 6) is -0.208. The number of carbonyl (C=O) groups excluding carboxylic acids is 2. The summed E-state index contributed by atoms with van der Waals surface area (Å²) < 4.78 is 0. The molecule has 0 spiro atoms. The molecule has 2 fully saturated rings. The number of aromatic amines is 2. The Balaban J connectivity index is 1.61. The number of piperazine rings is 1. The van der Waals surface area contributed by atoms with E-state index in [0.29, 0.717) is 31.7 Å². The molecular weight excluding hydrogens is 364 g/mol. The zero-order valence-electron chi connectivity index (χ0n) is 15.6. The lowest BCUT2D eigenvalue weighted by Crippen LogP contribution is -2.57. The molecule has 2 saturated heterocycles. The van der Waals surface area contributed by atoms with Crippen LogP contribution in [-0.4, -0.2) is 75.3 Å². The molecule has 148 valence electrons.